The molecule has 1 fully saturated rings. The van der Waals surface area contributed by atoms with Gasteiger partial charge in [0.15, 0.2) is 5.69 Å². The number of imidazole rings is 1. The second-order valence-corrected chi connectivity index (χ2v) is 6.14. The van der Waals surface area contributed by atoms with Gasteiger partial charge in [0.25, 0.3) is 0 Å². The summed E-state index contributed by atoms with van der Waals surface area (Å²) in [7, 11) is 0. The van der Waals surface area contributed by atoms with Crippen LogP contribution in [0, 0.1) is 6.92 Å². The largest absolute Gasteiger partial charge is 0.455 e. The van der Waals surface area contributed by atoms with Crippen LogP contribution in [0.15, 0.2) is 0 Å². The molecule has 0 aliphatic carbocycles. The molecule has 1 aliphatic rings. The van der Waals surface area contributed by atoms with Crippen LogP contribution >= 0.6 is 0 Å². The molecule has 2 N–H and O–H groups in total. The number of carbonyl (C=O) groups excluding carboxylic acids is 1. The van der Waals surface area contributed by atoms with Crippen molar-refractivity contribution in [3.05, 3.63) is 17.2 Å². The van der Waals surface area contributed by atoms with Crippen LogP contribution in [0.5, 0.6) is 0 Å². The molecule has 0 amide bonds. The highest BCUT2D eigenvalue weighted by atomic mass is 16.6. The maximum absolute atomic E-state index is 12.1. The average molecular weight is 265 g/mol. The minimum atomic E-state index is -0.491. The Morgan fingerprint density at radius 1 is 1.42 bits per heavy atom. The molecule has 0 radical (unpaired) electrons. The number of aromatic amines is 1. The molecule has 1 saturated heterocycles. The second-order valence-electron chi connectivity index (χ2n) is 6.14. The minimum absolute atomic E-state index is 0.351. The number of carbonyl (C=O) groups is 1. The summed E-state index contributed by atoms with van der Waals surface area (Å²) >= 11 is 0. The van der Waals surface area contributed by atoms with E-state index in [1.807, 2.05) is 27.7 Å². The van der Waals surface area contributed by atoms with Crippen molar-refractivity contribution in [2.75, 3.05) is 13.1 Å². The van der Waals surface area contributed by atoms with Gasteiger partial charge in [0.2, 0.25) is 0 Å². The van der Waals surface area contributed by atoms with E-state index in [-0.39, 0.29) is 5.97 Å². The lowest BCUT2D eigenvalue weighted by Crippen LogP contribution is -2.29. The van der Waals surface area contributed by atoms with Gasteiger partial charge in [0, 0.05) is 18.2 Å². The molecular formula is C14H23N3O2. The fraction of sp³-hybridized carbons (Fsp3) is 0.714. The van der Waals surface area contributed by atoms with Crippen molar-refractivity contribution in [1.82, 2.24) is 15.3 Å². The quantitative estimate of drug-likeness (QED) is 0.804. The number of esters is 1. The molecule has 5 nitrogen and oxygen atoms in total. The first-order valence-corrected chi connectivity index (χ1v) is 6.87. The summed E-state index contributed by atoms with van der Waals surface area (Å²) in [5.74, 6) is 0.908. The van der Waals surface area contributed by atoms with Crippen molar-refractivity contribution in [2.24, 2.45) is 0 Å². The molecule has 0 bridgehead atoms. The zero-order chi connectivity index (χ0) is 14.0. The fourth-order valence-electron chi connectivity index (χ4n) is 2.29. The molecule has 2 rings (SSSR count). The third-order valence-electron chi connectivity index (χ3n) is 3.18. The van der Waals surface area contributed by atoms with Crippen LogP contribution in [0.4, 0.5) is 0 Å². The molecular weight excluding hydrogens is 242 g/mol. The van der Waals surface area contributed by atoms with Crippen molar-refractivity contribution in [2.45, 2.75) is 52.1 Å². The van der Waals surface area contributed by atoms with Crippen molar-refractivity contribution < 1.29 is 9.53 Å². The first-order chi connectivity index (χ1) is 8.87. The van der Waals surface area contributed by atoms with Crippen molar-refractivity contribution in [3.63, 3.8) is 0 Å². The van der Waals surface area contributed by atoms with Crippen LogP contribution < -0.4 is 5.32 Å². The highest BCUT2D eigenvalue weighted by Crippen LogP contribution is 2.22. The van der Waals surface area contributed by atoms with Gasteiger partial charge < -0.3 is 15.0 Å². The molecule has 0 aromatic carbocycles. The number of nitrogens with one attached hydrogen (secondary N) is 2. The number of piperidine rings is 1. The zero-order valence-corrected chi connectivity index (χ0v) is 12.2. The Morgan fingerprint density at radius 2 is 2.16 bits per heavy atom. The number of nitrogens with zero attached hydrogens (tertiary/aromatic N) is 1. The van der Waals surface area contributed by atoms with Gasteiger partial charge in [-0.25, -0.2) is 9.78 Å². The van der Waals surface area contributed by atoms with Gasteiger partial charge in [-0.2, -0.15) is 0 Å². The highest BCUT2D eigenvalue weighted by molar-refractivity contribution is 5.88. The van der Waals surface area contributed by atoms with Crippen LogP contribution in [0.2, 0.25) is 0 Å². The molecule has 1 aliphatic heterocycles. The van der Waals surface area contributed by atoms with E-state index < -0.39 is 5.60 Å². The van der Waals surface area contributed by atoms with Gasteiger partial charge in [-0.1, -0.05) is 0 Å². The monoisotopic (exact) mass is 265 g/mol. The summed E-state index contributed by atoms with van der Waals surface area (Å²) in [6, 6.07) is 0. The SMILES string of the molecule is Cc1[nH]c(C2CCCNC2)nc1C(=O)OC(C)(C)C. The lowest BCUT2D eigenvalue weighted by atomic mass is 9.99. The third kappa shape index (κ3) is 3.56. The minimum Gasteiger partial charge on any atom is -0.455 e. The van der Waals surface area contributed by atoms with E-state index in [2.05, 4.69) is 15.3 Å². The molecule has 1 aromatic rings. The fourth-order valence-corrected chi connectivity index (χ4v) is 2.29. The van der Waals surface area contributed by atoms with Gasteiger partial charge >= 0.3 is 5.97 Å². The standard InChI is InChI=1S/C14H23N3O2/c1-9-11(13(18)19-14(2,3)4)17-12(16-9)10-6-5-7-15-8-10/h10,15H,5-8H2,1-4H3,(H,16,17). The van der Waals surface area contributed by atoms with E-state index in [0.29, 0.717) is 11.6 Å². The first-order valence-electron chi connectivity index (χ1n) is 6.87. The Labute approximate surface area is 114 Å². The zero-order valence-electron chi connectivity index (χ0n) is 12.2. The lowest BCUT2D eigenvalue weighted by Gasteiger charge is -2.20. The van der Waals surface area contributed by atoms with Gasteiger partial charge in [-0.3, -0.25) is 0 Å². The summed E-state index contributed by atoms with van der Waals surface area (Å²) in [5.41, 5.74) is 0.708. The van der Waals surface area contributed by atoms with Gasteiger partial charge in [-0.15, -0.1) is 0 Å². The molecule has 2 heterocycles. The first kappa shape index (κ1) is 14.1. The van der Waals surface area contributed by atoms with E-state index in [1.54, 1.807) is 0 Å². The van der Waals surface area contributed by atoms with Crippen LogP contribution in [-0.2, 0) is 4.74 Å². The predicted octanol–water partition coefficient (Wildman–Crippen LogP) is 2.14. The number of aromatic nitrogens is 2. The Balaban J connectivity index is 2.14. The van der Waals surface area contributed by atoms with Crippen LogP contribution in [-0.4, -0.2) is 34.6 Å². The van der Waals surface area contributed by atoms with E-state index >= 15 is 0 Å². The number of ether oxygens (including phenoxy) is 1. The number of hydrogen-bond donors (Lipinski definition) is 2. The van der Waals surface area contributed by atoms with Crippen LogP contribution in [0.25, 0.3) is 0 Å². The number of hydrogen-bond acceptors (Lipinski definition) is 4. The lowest BCUT2D eigenvalue weighted by molar-refractivity contribution is 0.00624. The summed E-state index contributed by atoms with van der Waals surface area (Å²) in [6.45, 7) is 9.43. The average Bonchev–Trinajstić information content (AvgIpc) is 2.70. The van der Waals surface area contributed by atoms with Crippen molar-refractivity contribution >= 4 is 5.97 Å². The Kier molecular flexibility index (Phi) is 3.94. The molecule has 106 valence electrons. The molecule has 1 unspecified atom stereocenters. The molecule has 5 heteroatoms. The maximum atomic E-state index is 12.1. The summed E-state index contributed by atoms with van der Waals surface area (Å²) in [4.78, 5) is 19.7. The van der Waals surface area contributed by atoms with E-state index in [9.17, 15) is 4.79 Å². The molecule has 1 aromatic heterocycles. The molecule has 1 atom stereocenters. The van der Waals surface area contributed by atoms with Gasteiger partial charge in [0.05, 0.1) is 0 Å². The molecule has 0 spiro atoms. The van der Waals surface area contributed by atoms with E-state index in [1.165, 1.54) is 0 Å². The molecule has 19 heavy (non-hydrogen) atoms. The normalized spacial score (nSPS) is 20.3. The van der Waals surface area contributed by atoms with Gasteiger partial charge in [0.1, 0.15) is 11.4 Å². The van der Waals surface area contributed by atoms with E-state index in [4.69, 9.17) is 4.74 Å². The number of H-pyrrole nitrogens is 1. The highest BCUT2D eigenvalue weighted by Gasteiger charge is 2.25. The second kappa shape index (κ2) is 5.33. The van der Waals surface area contributed by atoms with Crippen molar-refractivity contribution in [3.8, 4) is 0 Å². The topological polar surface area (TPSA) is 67.0 Å². The summed E-state index contributed by atoms with van der Waals surface area (Å²) < 4.78 is 5.37. The smallest absolute Gasteiger partial charge is 0.359 e. The summed E-state index contributed by atoms with van der Waals surface area (Å²) in [5, 5.41) is 3.35. The molecule has 0 saturated carbocycles. The predicted molar refractivity (Wildman–Crippen MR) is 73.3 cm³/mol. The van der Waals surface area contributed by atoms with Crippen LogP contribution in [0.1, 0.15) is 61.5 Å². The van der Waals surface area contributed by atoms with Gasteiger partial charge in [-0.05, 0) is 47.1 Å². The Morgan fingerprint density at radius 3 is 2.74 bits per heavy atom. The van der Waals surface area contributed by atoms with E-state index in [0.717, 1.165) is 37.4 Å². The summed E-state index contributed by atoms with van der Waals surface area (Å²) in [6.07, 6.45) is 2.25. The van der Waals surface area contributed by atoms with Crippen molar-refractivity contribution in [1.29, 1.82) is 0 Å². The number of aryl methyl sites for hydroxylation is 1. The number of rotatable bonds is 2. The van der Waals surface area contributed by atoms with Crippen LogP contribution in [0.3, 0.4) is 0 Å². The Bertz CT molecular complexity index is 454. The Hall–Kier alpha value is -1.36. The maximum Gasteiger partial charge on any atom is 0.359 e. The third-order valence-corrected chi connectivity index (χ3v) is 3.18.